The number of rotatable bonds is 4. The molecule has 0 radical (unpaired) electrons. The minimum atomic E-state index is -4.45. The molecule has 8 heteroatoms. The van der Waals surface area contributed by atoms with Crippen molar-refractivity contribution in [3.8, 4) is 0 Å². The molecule has 4 bridgehead atoms. The molecular formula is C30H36F3N3OS+2. The van der Waals surface area contributed by atoms with E-state index in [1.165, 1.54) is 72.8 Å². The molecule has 0 aromatic heterocycles. The third-order valence-electron chi connectivity index (χ3n) is 10.1. The lowest BCUT2D eigenvalue weighted by molar-refractivity contribution is -1.03. The number of hydrogen-bond acceptors (Lipinski definition) is 2. The molecule has 2 aromatic rings. The van der Waals surface area contributed by atoms with Gasteiger partial charge in [0.1, 0.15) is 26.2 Å². The maximum atomic E-state index is 13.6. The van der Waals surface area contributed by atoms with Gasteiger partial charge in [0, 0.05) is 21.6 Å². The number of carbonyl (C=O) groups excluding carboxylic acids is 1. The predicted octanol–water partition coefficient (Wildman–Crippen LogP) is 3.83. The highest BCUT2D eigenvalue weighted by molar-refractivity contribution is 7.99. The molecule has 0 unspecified atom stereocenters. The molecule has 0 spiro atoms. The standard InChI is InChI=1S/C30H34F3N3OS/c31-30(32,33)23-5-6-27-25(18-23)36(24-3-1-2-4-26(24)38-27)28(37)7-8-34-9-11-35(12-10-34)29-21-14-19-13-20(16-21)17-22(29)15-19/h1-6,18-22,29H,7-17H2/p+2. The Kier molecular flexibility index (Phi) is 6.28. The molecule has 5 fully saturated rings. The van der Waals surface area contributed by atoms with Crippen molar-refractivity contribution in [2.75, 3.05) is 37.6 Å². The van der Waals surface area contributed by atoms with Crippen LogP contribution < -0.4 is 14.7 Å². The quantitative estimate of drug-likeness (QED) is 0.614. The van der Waals surface area contributed by atoms with Gasteiger partial charge in [-0.15, -0.1) is 0 Å². The molecule has 202 valence electrons. The predicted molar refractivity (Wildman–Crippen MR) is 141 cm³/mol. The molecule has 1 amide bonds. The second kappa shape index (κ2) is 9.56. The van der Waals surface area contributed by atoms with Gasteiger partial charge in [0.25, 0.3) is 0 Å². The van der Waals surface area contributed by atoms with E-state index < -0.39 is 11.7 Å². The number of piperazine rings is 1. The normalized spacial score (nSPS) is 33.7. The molecule has 0 atom stereocenters. The van der Waals surface area contributed by atoms with E-state index in [0.29, 0.717) is 22.7 Å². The van der Waals surface area contributed by atoms with E-state index in [1.54, 1.807) is 0 Å². The number of anilines is 2. The summed E-state index contributed by atoms with van der Waals surface area (Å²) in [7, 11) is 0. The third kappa shape index (κ3) is 4.46. The molecule has 2 N–H and O–H groups in total. The highest BCUT2D eigenvalue weighted by Crippen LogP contribution is 2.53. The van der Waals surface area contributed by atoms with Crippen LogP contribution in [0.3, 0.4) is 0 Å². The van der Waals surface area contributed by atoms with Gasteiger partial charge in [-0.3, -0.25) is 9.69 Å². The zero-order chi connectivity index (χ0) is 26.0. The van der Waals surface area contributed by atoms with Crippen molar-refractivity contribution in [2.45, 2.75) is 60.5 Å². The number of alkyl halides is 3. The Morgan fingerprint density at radius 3 is 2.21 bits per heavy atom. The number of benzene rings is 2. The maximum Gasteiger partial charge on any atom is 0.416 e. The Bertz CT molecular complexity index is 1200. The lowest BCUT2D eigenvalue weighted by Gasteiger charge is -2.55. The fourth-order valence-electron chi connectivity index (χ4n) is 8.70. The van der Waals surface area contributed by atoms with Gasteiger partial charge in [0.15, 0.2) is 0 Å². The largest absolute Gasteiger partial charge is 0.416 e. The van der Waals surface area contributed by atoms with Gasteiger partial charge in [-0.05, 0) is 74.3 Å². The van der Waals surface area contributed by atoms with Crippen LogP contribution in [0.25, 0.3) is 0 Å². The Morgan fingerprint density at radius 2 is 1.53 bits per heavy atom. The van der Waals surface area contributed by atoms with Gasteiger partial charge in [0.2, 0.25) is 5.91 Å². The monoisotopic (exact) mass is 543 g/mol. The summed E-state index contributed by atoms with van der Waals surface area (Å²) in [4.78, 5) is 20.0. The number of nitrogens with zero attached hydrogens (tertiary/aromatic N) is 1. The van der Waals surface area contributed by atoms with Crippen LogP contribution in [0.5, 0.6) is 0 Å². The van der Waals surface area contributed by atoms with E-state index in [0.717, 1.165) is 66.4 Å². The van der Waals surface area contributed by atoms with Gasteiger partial charge >= 0.3 is 6.18 Å². The third-order valence-corrected chi connectivity index (χ3v) is 11.2. The SMILES string of the molecule is O=C(CC[NH+]1CC[NH+](C2C3CC4CC(C3)CC2C4)CC1)N1c2ccccc2Sc2ccc(C(F)(F)F)cc21. The van der Waals surface area contributed by atoms with Crippen LogP contribution in [0, 0.1) is 23.7 Å². The average molecular weight is 544 g/mol. The maximum absolute atomic E-state index is 13.6. The molecule has 2 aromatic carbocycles. The van der Waals surface area contributed by atoms with Crippen molar-refractivity contribution in [2.24, 2.45) is 23.7 Å². The lowest BCUT2D eigenvalue weighted by Crippen LogP contribution is -3.30. The van der Waals surface area contributed by atoms with Crippen LogP contribution in [0.1, 0.15) is 44.1 Å². The average Bonchev–Trinajstić information content (AvgIpc) is 2.89. The van der Waals surface area contributed by atoms with E-state index in [9.17, 15) is 18.0 Å². The fraction of sp³-hybridized carbons (Fsp3) is 0.567. The Labute approximate surface area is 226 Å². The van der Waals surface area contributed by atoms with Crippen LogP contribution in [-0.2, 0) is 11.0 Å². The van der Waals surface area contributed by atoms with Crippen LogP contribution >= 0.6 is 11.8 Å². The number of fused-ring (bicyclic) bond motifs is 2. The summed E-state index contributed by atoms with van der Waals surface area (Å²) in [6, 6.07) is 12.1. The summed E-state index contributed by atoms with van der Waals surface area (Å²) in [5, 5.41) is 0. The molecule has 38 heavy (non-hydrogen) atoms. The van der Waals surface area contributed by atoms with Crippen molar-refractivity contribution in [3.05, 3.63) is 48.0 Å². The summed E-state index contributed by atoms with van der Waals surface area (Å²) < 4.78 is 40.6. The van der Waals surface area contributed by atoms with E-state index in [4.69, 9.17) is 0 Å². The lowest BCUT2D eigenvalue weighted by atomic mass is 9.54. The molecule has 4 saturated carbocycles. The minimum Gasteiger partial charge on any atom is -0.325 e. The first-order chi connectivity index (χ1) is 18.3. The number of halogens is 3. The highest BCUT2D eigenvalue weighted by atomic mass is 32.2. The second-order valence-corrected chi connectivity index (χ2v) is 13.4. The van der Waals surface area contributed by atoms with Crippen molar-refractivity contribution >= 4 is 29.0 Å². The second-order valence-electron chi connectivity index (χ2n) is 12.3. The first kappa shape index (κ1) is 25.0. The van der Waals surface area contributed by atoms with E-state index in [1.807, 2.05) is 29.2 Å². The topological polar surface area (TPSA) is 29.2 Å². The molecular weight excluding hydrogens is 507 g/mol. The summed E-state index contributed by atoms with van der Waals surface area (Å²) in [5.74, 6) is 3.75. The molecule has 4 aliphatic carbocycles. The zero-order valence-corrected chi connectivity index (χ0v) is 22.4. The van der Waals surface area contributed by atoms with Crippen molar-refractivity contribution in [3.63, 3.8) is 0 Å². The van der Waals surface area contributed by atoms with Crippen molar-refractivity contribution in [1.82, 2.24) is 0 Å². The van der Waals surface area contributed by atoms with Crippen LogP contribution in [-0.4, -0.2) is 44.7 Å². The van der Waals surface area contributed by atoms with E-state index in [-0.39, 0.29) is 5.91 Å². The van der Waals surface area contributed by atoms with Crippen LogP contribution in [0.2, 0.25) is 0 Å². The highest BCUT2D eigenvalue weighted by Gasteiger charge is 2.53. The van der Waals surface area contributed by atoms with Gasteiger partial charge in [-0.25, -0.2) is 0 Å². The number of hydrogen-bond donors (Lipinski definition) is 2. The molecule has 8 rings (SSSR count). The van der Waals surface area contributed by atoms with Crippen molar-refractivity contribution in [1.29, 1.82) is 0 Å². The van der Waals surface area contributed by atoms with Crippen molar-refractivity contribution < 1.29 is 27.8 Å². The smallest absolute Gasteiger partial charge is 0.325 e. The van der Waals surface area contributed by atoms with Gasteiger partial charge < -0.3 is 9.80 Å². The number of nitrogens with one attached hydrogen (secondary N) is 2. The first-order valence-electron chi connectivity index (χ1n) is 14.3. The van der Waals surface area contributed by atoms with Crippen LogP contribution in [0.15, 0.2) is 52.3 Å². The Morgan fingerprint density at radius 1 is 0.868 bits per heavy atom. The summed E-state index contributed by atoms with van der Waals surface area (Å²) in [6.07, 6.45) is 3.20. The Balaban J connectivity index is 1.02. The molecule has 2 heterocycles. The number of quaternary nitrogens is 2. The zero-order valence-electron chi connectivity index (χ0n) is 21.6. The molecule has 1 saturated heterocycles. The van der Waals surface area contributed by atoms with Gasteiger partial charge in [-0.2, -0.15) is 13.2 Å². The summed E-state index contributed by atoms with van der Waals surface area (Å²) >= 11 is 1.42. The summed E-state index contributed by atoms with van der Waals surface area (Å²) in [6.45, 7) is 5.24. The first-order valence-corrected chi connectivity index (χ1v) is 15.1. The Hall–Kier alpha value is -2.03. The number of para-hydroxylation sites is 1. The number of carbonyl (C=O) groups is 1. The molecule has 6 aliphatic rings. The van der Waals surface area contributed by atoms with Gasteiger partial charge in [-0.1, -0.05) is 23.9 Å². The number of amides is 1. The molecule has 4 nitrogen and oxygen atoms in total. The molecule has 2 aliphatic heterocycles. The van der Waals surface area contributed by atoms with E-state index >= 15 is 0 Å². The van der Waals surface area contributed by atoms with Crippen LogP contribution in [0.4, 0.5) is 24.5 Å². The minimum absolute atomic E-state index is 0.123. The van der Waals surface area contributed by atoms with E-state index in [2.05, 4.69) is 0 Å². The summed E-state index contributed by atoms with van der Waals surface area (Å²) in [5.41, 5.74) is 0.309. The fourth-order valence-corrected chi connectivity index (χ4v) is 9.73. The van der Waals surface area contributed by atoms with Gasteiger partial charge in [0.05, 0.1) is 35.9 Å².